The third kappa shape index (κ3) is 5.39. The summed E-state index contributed by atoms with van der Waals surface area (Å²) in [5.74, 6) is 0.808. The molecule has 0 aromatic carbocycles. The van der Waals surface area contributed by atoms with Gasteiger partial charge < -0.3 is 10.1 Å². The fourth-order valence-corrected chi connectivity index (χ4v) is 3.30. The Bertz CT molecular complexity index is 215. The van der Waals surface area contributed by atoms with Crippen LogP contribution in [0.15, 0.2) is 0 Å². The Morgan fingerprint density at radius 1 is 1.35 bits per heavy atom. The molecule has 3 atom stereocenters. The molecule has 3 unspecified atom stereocenters. The molecular formula is C15H31NO. The summed E-state index contributed by atoms with van der Waals surface area (Å²) < 4.78 is 6.13. The zero-order valence-corrected chi connectivity index (χ0v) is 12.4. The van der Waals surface area contributed by atoms with Crippen LogP contribution in [0.1, 0.15) is 59.8 Å². The zero-order valence-electron chi connectivity index (χ0n) is 12.4. The van der Waals surface area contributed by atoms with Crippen molar-refractivity contribution in [3.05, 3.63) is 0 Å². The maximum Gasteiger partial charge on any atom is 0.0623 e. The normalized spacial score (nSPS) is 30.2. The first-order valence-corrected chi connectivity index (χ1v) is 7.25. The Morgan fingerprint density at radius 3 is 2.59 bits per heavy atom. The van der Waals surface area contributed by atoms with Crippen LogP contribution in [0.25, 0.3) is 0 Å². The number of rotatable bonds is 6. The third-order valence-corrected chi connectivity index (χ3v) is 3.93. The van der Waals surface area contributed by atoms with Crippen molar-refractivity contribution in [1.82, 2.24) is 5.32 Å². The van der Waals surface area contributed by atoms with Crippen molar-refractivity contribution < 1.29 is 4.74 Å². The quantitative estimate of drug-likeness (QED) is 0.767. The highest BCUT2D eigenvalue weighted by Gasteiger charge is 2.32. The monoisotopic (exact) mass is 241 g/mol. The standard InChI is InChI=1S/C15H31NO/c1-6-7-13(16-5)11-17-14-8-12(2)9-15(3,4)10-14/h12-14,16H,6-11H2,1-5H3. The SMILES string of the molecule is CCCC(COC1CC(C)CC(C)(C)C1)NC. The smallest absolute Gasteiger partial charge is 0.0623 e. The van der Waals surface area contributed by atoms with Crippen LogP contribution in [0.5, 0.6) is 0 Å². The molecule has 17 heavy (non-hydrogen) atoms. The summed E-state index contributed by atoms with van der Waals surface area (Å²) in [4.78, 5) is 0. The van der Waals surface area contributed by atoms with Crippen molar-refractivity contribution in [2.45, 2.75) is 71.9 Å². The van der Waals surface area contributed by atoms with Gasteiger partial charge in [-0.15, -0.1) is 0 Å². The summed E-state index contributed by atoms with van der Waals surface area (Å²) in [5.41, 5.74) is 0.461. The molecule has 0 bridgehead atoms. The highest BCUT2D eigenvalue weighted by molar-refractivity contribution is 4.83. The first-order valence-electron chi connectivity index (χ1n) is 7.25. The third-order valence-electron chi connectivity index (χ3n) is 3.93. The Labute approximate surface area is 108 Å². The second-order valence-corrected chi connectivity index (χ2v) is 6.64. The van der Waals surface area contributed by atoms with E-state index < -0.39 is 0 Å². The van der Waals surface area contributed by atoms with E-state index in [0.717, 1.165) is 12.5 Å². The minimum Gasteiger partial charge on any atom is -0.377 e. The lowest BCUT2D eigenvalue weighted by atomic mass is 9.71. The van der Waals surface area contributed by atoms with Crippen LogP contribution in [0.2, 0.25) is 0 Å². The van der Waals surface area contributed by atoms with Gasteiger partial charge >= 0.3 is 0 Å². The van der Waals surface area contributed by atoms with Crippen LogP contribution in [-0.2, 0) is 4.74 Å². The zero-order chi connectivity index (χ0) is 12.9. The van der Waals surface area contributed by atoms with Gasteiger partial charge in [-0.2, -0.15) is 0 Å². The Morgan fingerprint density at radius 2 is 2.06 bits per heavy atom. The summed E-state index contributed by atoms with van der Waals surface area (Å²) in [5, 5.41) is 3.35. The van der Waals surface area contributed by atoms with E-state index in [1.54, 1.807) is 0 Å². The van der Waals surface area contributed by atoms with E-state index in [9.17, 15) is 0 Å². The Balaban J connectivity index is 2.35. The van der Waals surface area contributed by atoms with Crippen molar-refractivity contribution in [3.8, 4) is 0 Å². The average molecular weight is 241 g/mol. The number of ether oxygens (including phenoxy) is 1. The van der Waals surface area contributed by atoms with Gasteiger partial charge in [0.1, 0.15) is 0 Å². The van der Waals surface area contributed by atoms with Gasteiger partial charge in [0.15, 0.2) is 0 Å². The first-order chi connectivity index (χ1) is 7.96. The molecule has 1 aliphatic carbocycles. The first kappa shape index (κ1) is 15.0. The van der Waals surface area contributed by atoms with Gasteiger partial charge in [-0.1, -0.05) is 34.1 Å². The van der Waals surface area contributed by atoms with Crippen LogP contribution < -0.4 is 5.32 Å². The van der Waals surface area contributed by atoms with Crippen molar-refractivity contribution in [2.75, 3.05) is 13.7 Å². The molecular weight excluding hydrogens is 210 g/mol. The van der Waals surface area contributed by atoms with Crippen molar-refractivity contribution >= 4 is 0 Å². The molecule has 0 heterocycles. The molecule has 102 valence electrons. The minimum atomic E-state index is 0.461. The molecule has 0 aromatic rings. The van der Waals surface area contributed by atoms with Gasteiger partial charge in [-0.3, -0.25) is 0 Å². The fraction of sp³-hybridized carbons (Fsp3) is 1.00. The molecule has 1 rings (SSSR count). The molecule has 1 fully saturated rings. The van der Waals surface area contributed by atoms with Crippen molar-refractivity contribution in [3.63, 3.8) is 0 Å². The maximum atomic E-state index is 6.13. The number of nitrogens with one attached hydrogen (secondary N) is 1. The molecule has 0 radical (unpaired) electrons. The Kier molecular flexibility index (Phi) is 5.94. The number of likely N-dealkylation sites (N-methyl/N-ethyl adjacent to an activating group) is 1. The predicted molar refractivity (Wildman–Crippen MR) is 74.3 cm³/mol. The van der Waals surface area contributed by atoms with Gasteiger partial charge in [0, 0.05) is 6.04 Å². The van der Waals surface area contributed by atoms with E-state index in [2.05, 4.69) is 33.0 Å². The molecule has 1 aliphatic rings. The summed E-state index contributed by atoms with van der Waals surface area (Å²) in [6.07, 6.45) is 6.72. The lowest BCUT2D eigenvalue weighted by Gasteiger charge is -2.39. The van der Waals surface area contributed by atoms with Crippen molar-refractivity contribution in [2.24, 2.45) is 11.3 Å². The van der Waals surface area contributed by atoms with Crippen LogP contribution in [0.4, 0.5) is 0 Å². The highest BCUT2D eigenvalue weighted by Crippen LogP contribution is 2.39. The van der Waals surface area contributed by atoms with Gasteiger partial charge in [0.05, 0.1) is 12.7 Å². The predicted octanol–water partition coefficient (Wildman–Crippen LogP) is 3.61. The van der Waals surface area contributed by atoms with E-state index in [1.165, 1.54) is 32.1 Å². The molecule has 2 nitrogen and oxygen atoms in total. The number of hydrogen-bond acceptors (Lipinski definition) is 2. The highest BCUT2D eigenvalue weighted by atomic mass is 16.5. The summed E-state index contributed by atoms with van der Waals surface area (Å²) >= 11 is 0. The summed E-state index contributed by atoms with van der Waals surface area (Å²) in [6.45, 7) is 10.2. The molecule has 1 N–H and O–H groups in total. The minimum absolute atomic E-state index is 0.461. The van der Waals surface area contributed by atoms with Gasteiger partial charge in [0.2, 0.25) is 0 Å². The van der Waals surface area contributed by atoms with Gasteiger partial charge in [-0.25, -0.2) is 0 Å². The lowest BCUT2D eigenvalue weighted by Crippen LogP contribution is -2.37. The summed E-state index contributed by atoms with van der Waals surface area (Å²) in [6, 6.07) is 0.528. The van der Waals surface area contributed by atoms with E-state index >= 15 is 0 Å². The molecule has 0 aliphatic heterocycles. The molecule has 0 spiro atoms. The molecule has 1 saturated carbocycles. The number of hydrogen-bond donors (Lipinski definition) is 1. The maximum absolute atomic E-state index is 6.13. The van der Waals surface area contributed by atoms with Gasteiger partial charge in [-0.05, 0) is 44.1 Å². The van der Waals surface area contributed by atoms with Crippen LogP contribution in [0.3, 0.4) is 0 Å². The average Bonchev–Trinajstić information content (AvgIpc) is 2.21. The second kappa shape index (κ2) is 6.75. The largest absolute Gasteiger partial charge is 0.377 e. The molecule has 0 amide bonds. The molecule has 2 heteroatoms. The lowest BCUT2D eigenvalue weighted by molar-refractivity contribution is -0.0307. The summed E-state index contributed by atoms with van der Waals surface area (Å²) in [7, 11) is 2.04. The Hall–Kier alpha value is -0.0800. The van der Waals surface area contributed by atoms with E-state index in [4.69, 9.17) is 4.74 Å². The molecule has 0 aromatic heterocycles. The van der Waals surface area contributed by atoms with Crippen LogP contribution >= 0.6 is 0 Å². The fourth-order valence-electron chi connectivity index (χ4n) is 3.30. The van der Waals surface area contributed by atoms with Gasteiger partial charge in [0.25, 0.3) is 0 Å². The topological polar surface area (TPSA) is 21.3 Å². The second-order valence-electron chi connectivity index (χ2n) is 6.64. The van der Waals surface area contributed by atoms with E-state index in [1.807, 2.05) is 7.05 Å². The van der Waals surface area contributed by atoms with Crippen molar-refractivity contribution in [1.29, 1.82) is 0 Å². The van der Waals surface area contributed by atoms with Crippen LogP contribution in [-0.4, -0.2) is 25.8 Å². The van der Waals surface area contributed by atoms with E-state index in [0.29, 0.717) is 17.6 Å². The van der Waals surface area contributed by atoms with E-state index in [-0.39, 0.29) is 0 Å². The molecule has 0 saturated heterocycles. The van der Waals surface area contributed by atoms with Crippen LogP contribution in [0, 0.1) is 11.3 Å².